The normalized spacial score (nSPS) is 30.4. The summed E-state index contributed by atoms with van der Waals surface area (Å²) in [6.45, 7) is 1.78. The van der Waals surface area contributed by atoms with E-state index in [4.69, 9.17) is 0 Å². The van der Waals surface area contributed by atoms with E-state index in [0.29, 0.717) is 5.69 Å². The van der Waals surface area contributed by atoms with Crippen LogP contribution in [-0.2, 0) is 9.59 Å². The third-order valence-corrected chi connectivity index (χ3v) is 4.96. The van der Waals surface area contributed by atoms with Crippen LogP contribution in [0.25, 0.3) is 0 Å². The summed E-state index contributed by atoms with van der Waals surface area (Å²) in [5.41, 5.74) is 1.19. The first-order valence-electron chi connectivity index (χ1n) is 7.27. The van der Waals surface area contributed by atoms with Crippen molar-refractivity contribution in [3.8, 4) is 0 Å². The smallest absolute Gasteiger partial charge is 0.307 e. The summed E-state index contributed by atoms with van der Waals surface area (Å²) in [6, 6.07) is 4.21. The molecule has 112 valence electrons. The number of halogens is 1. The Morgan fingerprint density at radius 2 is 1.90 bits per heavy atom. The van der Waals surface area contributed by atoms with E-state index in [2.05, 4.69) is 5.32 Å². The minimum atomic E-state index is -0.890. The van der Waals surface area contributed by atoms with Crippen LogP contribution in [0, 0.1) is 36.4 Å². The molecule has 0 aromatic heterocycles. The van der Waals surface area contributed by atoms with Crippen LogP contribution in [-0.4, -0.2) is 17.0 Å². The molecule has 1 amide bonds. The van der Waals surface area contributed by atoms with Crippen molar-refractivity contribution in [2.24, 2.45) is 23.7 Å². The standard InChI is InChI=1S/C16H18FNO3/c1-8-2-5-11(17)7-12(8)18-15(19)13-9-3-4-10(6-9)14(13)16(20)21/h2,5,7,9-10,13-14H,3-4,6H2,1H3,(H,18,19)(H,20,21)/t9-,10-,13-,14-/m0/s1. The Labute approximate surface area is 122 Å². The Kier molecular flexibility index (Phi) is 3.43. The predicted octanol–water partition coefficient (Wildman–Crippen LogP) is 2.82. The molecule has 2 saturated carbocycles. The molecule has 3 rings (SSSR count). The van der Waals surface area contributed by atoms with Crippen molar-refractivity contribution < 1.29 is 19.1 Å². The van der Waals surface area contributed by atoms with Gasteiger partial charge in [-0.15, -0.1) is 0 Å². The Hall–Kier alpha value is -1.91. The Balaban J connectivity index is 1.81. The first-order chi connectivity index (χ1) is 9.97. The maximum Gasteiger partial charge on any atom is 0.307 e. The van der Waals surface area contributed by atoms with E-state index in [1.807, 2.05) is 0 Å². The molecule has 2 N–H and O–H groups in total. The monoisotopic (exact) mass is 291 g/mol. The average molecular weight is 291 g/mol. The summed E-state index contributed by atoms with van der Waals surface area (Å²) in [5, 5.41) is 12.1. The van der Waals surface area contributed by atoms with Gasteiger partial charge in [0.15, 0.2) is 0 Å². The zero-order valence-corrected chi connectivity index (χ0v) is 11.8. The lowest BCUT2D eigenvalue weighted by Gasteiger charge is -2.27. The number of carbonyl (C=O) groups excluding carboxylic acids is 1. The van der Waals surface area contributed by atoms with Gasteiger partial charge in [0.2, 0.25) is 5.91 Å². The van der Waals surface area contributed by atoms with Gasteiger partial charge in [0.1, 0.15) is 5.82 Å². The third-order valence-electron chi connectivity index (χ3n) is 4.96. The largest absolute Gasteiger partial charge is 0.481 e. The molecule has 2 fully saturated rings. The van der Waals surface area contributed by atoms with E-state index in [0.717, 1.165) is 24.8 Å². The summed E-state index contributed by atoms with van der Waals surface area (Å²) < 4.78 is 13.3. The first-order valence-corrected chi connectivity index (χ1v) is 7.27. The third kappa shape index (κ3) is 2.41. The van der Waals surface area contributed by atoms with Gasteiger partial charge < -0.3 is 10.4 Å². The fraction of sp³-hybridized carbons (Fsp3) is 0.500. The molecule has 5 heteroatoms. The molecule has 0 spiro atoms. The lowest BCUT2D eigenvalue weighted by atomic mass is 9.78. The number of rotatable bonds is 3. The van der Waals surface area contributed by atoms with Gasteiger partial charge in [0.25, 0.3) is 0 Å². The van der Waals surface area contributed by atoms with Gasteiger partial charge in [-0.3, -0.25) is 9.59 Å². The molecular formula is C16H18FNO3. The summed E-state index contributed by atoms with van der Waals surface area (Å²) in [7, 11) is 0. The molecule has 2 aliphatic carbocycles. The van der Waals surface area contributed by atoms with Crippen molar-refractivity contribution in [1.29, 1.82) is 0 Å². The second-order valence-electron chi connectivity index (χ2n) is 6.17. The Bertz CT molecular complexity index is 601. The second kappa shape index (κ2) is 5.13. The minimum Gasteiger partial charge on any atom is -0.481 e. The molecule has 21 heavy (non-hydrogen) atoms. The van der Waals surface area contributed by atoms with Crippen LogP contribution in [0.4, 0.5) is 10.1 Å². The van der Waals surface area contributed by atoms with Crippen molar-refractivity contribution in [2.75, 3.05) is 5.32 Å². The van der Waals surface area contributed by atoms with E-state index in [1.165, 1.54) is 12.1 Å². The highest BCUT2D eigenvalue weighted by Gasteiger charge is 2.53. The predicted molar refractivity (Wildman–Crippen MR) is 75.2 cm³/mol. The second-order valence-corrected chi connectivity index (χ2v) is 6.17. The molecular weight excluding hydrogens is 273 g/mol. The molecule has 0 aliphatic heterocycles. The van der Waals surface area contributed by atoms with Crippen molar-refractivity contribution >= 4 is 17.6 Å². The van der Waals surface area contributed by atoms with Gasteiger partial charge in [-0.25, -0.2) is 4.39 Å². The average Bonchev–Trinajstić information content (AvgIpc) is 3.03. The van der Waals surface area contributed by atoms with E-state index in [9.17, 15) is 19.1 Å². The van der Waals surface area contributed by atoms with E-state index < -0.39 is 23.6 Å². The fourth-order valence-corrected chi connectivity index (χ4v) is 3.97. The Morgan fingerprint density at radius 1 is 1.24 bits per heavy atom. The number of anilines is 1. The van der Waals surface area contributed by atoms with Gasteiger partial charge in [-0.2, -0.15) is 0 Å². The SMILES string of the molecule is Cc1ccc(F)cc1NC(=O)[C@H]1[C@H]2CC[C@@H](C2)[C@@H]1C(=O)O. The van der Waals surface area contributed by atoms with Crippen molar-refractivity contribution in [3.63, 3.8) is 0 Å². The van der Waals surface area contributed by atoms with Crippen LogP contribution in [0.3, 0.4) is 0 Å². The van der Waals surface area contributed by atoms with Crippen LogP contribution in [0.2, 0.25) is 0 Å². The molecule has 2 bridgehead atoms. The number of carbonyl (C=O) groups is 2. The van der Waals surface area contributed by atoms with Crippen LogP contribution in [0.15, 0.2) is 18.2 Å². The highest BCUT2D eigenvalue weighted by molar-refractivity contribution is 5.96. The maximum atomic E-state index is 13.3. The number of carboxylic acids is 1. The number of fused-ring (bicyclic) bond motifs is 2. The molecule has 4 nitrogen and oxygen atoms in total. The number of amides is 1. The van der Waals surface area contributed by atoms with Gasteiger partial charge in [-0.05, 0) is 55.7 Å². The van der Waals surface area contributed by atoms with Crippen molar-refractivity contribution in [1.82, 2.24) is 0 Å². The quantitative estimate of drug-likeness (QED) is 0.900. The fourth-order valence-electron chi connectivity index (χ4n) is 3.97. The zero-order valence-electron chi connectivity index (χ0n) is 11.8. The van der Waals surface area contributed by atoms with Crippen LogP contribution >= 0.6 is 0 Å². The summed E-state index contributed by atoms with van der Waals surface area (Å²) in [6.07, 6.45) is 2.62. The lowest BCUT2D eigenvalue weighted by Crippen LogP contribution is -2.38. The number of aryl methyl sites for hydroxylation is 1. The number of hydrogen-bond donors (Lipinski definition) is 2. The lowest BCUT2D eigenvalue weighted by molar-refractivity contribution is -0.148. The first kappa shape index (κ1) is 14.0. The van der Waals surface area contributed by atoms with E-state index in [-0.39, 0.29) is 17.7 Å². The molecule has 0 unspecified atom stereocenters. The molecule has 4 atom stereocenters. The van der Waals surface area contributed by atoms with Gasteiger partial charge in [0.05, 0.1) is 11.8 Å². The summed E-state index contributed by atoms with van der Waals surface area (Å²) in [5.74, 6) is -2.44. The van der Waals surface area contributed by atoms with Crippen LogP contribution < -0.4 is 5.32 Å². The van der Waals surface area contributed by atoms with Crippen molar-refractivity contribution in [3.05, 3.63) is 29.6 Å². The molecule has 1 aromatic carbocycles. The number of hydrogen-bond acceptors (Lipinski definition) is 2. The summed E-state index contributed by atoms with van der Waals surface area (Å²) in [4.78, 5) is 23.9. The van der Waals surface area contributed by atoms with Crippen LogP contribution in [0.5, 0.6) is 0 Å². The molecule has 0 heterocycles. The number of nitrogens with one attached hydrogen (secondary N) is 1. The minimum absolute atomic E-state index is 0.108. The van der Waals surface area contributed by atoms with Gasteiger partial charge in [-0.1, -0.05) is 6.07 Å². The maximum absolute atomic E-state index is 13.3. The summed E-state index contributed by atoms with van der Waals surface area (Å²) >= 11 is 0. The Morgan fingerprint density at radius 3 is 2.57 bits per heavy atom. The number of aliphatic carboxylic acids is 1. The van der Waals surface area contributed by atoms with Crippen LogP contribution in [0.1, 0.15) is 24.8 Å². The zero-order chi connectivity index (χ0) is 15.1. The van der Waals surface area contributed by atoms with Gasteiger partial charge >= 0.3 is 5.97 Å². The van der Waals surface area contributed by atoms with E-state index >= 15 is 0 Å². The van der Waals surface area contributed by atoms with Gasteiger partial charge in [0, 0.05) is 5.69 Å². The number of benzene rings is 1. The molecule has 0 saturated heterocycles. The van der Waals surface area contributed by atoms with E-state index in [1.54, 1.807) is 13.0 Å². The molecule has 2 aliphatic rings. The number of carboxylic acid groups (broad SMARTS) is 1. The highest BCUT2D eigenvalue weighted by Crippen LogP contribution is 2.52. The topological polar surface area (TPSA) is 66.4 Å². The van der Waals surface area contributed by atoms with Crippen molar-refractivity contribution in [2.45, 2.75) is 26.2 Å². The molecule has 1 aromatic rings. The molecule has 0 radical (unpaired) electrons. The highest BCUT2D eigenvalue weighted by atomic mass is 19.1.